The van der Waals surface area contributed by atoms with Crippen LogP contribution >= 0.6 is 0 Å². The van der Waals surface area contributed by atoms with Gasteiger partial charge in [-0.1, -0.05) is 0 Å². The number of carbonyl (C=O) groups is 2. The molecule has 146 valence electrons. The van der Waals surface area contributed by atoms with Crippen LogP contribution in [0.4, 0.5) is 14.5 Å². The number of halogens is 2. The standard InChI is InChI=1S/C21H21F2N3O2/c1-25-18-10-14(20(27)24-12-13-8-15(22)11-16(23)9-13)5-6-17(18)21(28)26-7-3-2-4-19(25)26/h5-6,8-11,19H,2-4,7,12H2,1H3,(H,24,27)/t19-/m1/s1. The fraction of sp³-hybridized carbons (Fsp3) is 0.333. The molecule has 5 nitrogen and oxygen atoms in total. The van der Waals surface area contributed by atoms with Crippen molar-refractivity contribution in [3.63, 3.8) is 0 Å². The maximum absolute atomic E-state index is 13.3. The number of nitrogens with zero attached hydrogens (tertiary/aromatic N) is 2. The van der Waals surface area contributed by atoms with Crippen LogP contribution in [0, 0.1) is 11.6 Å². The molecule has 0 saturated carbocycles. The van der Waals surface area contributed by atoms with Gasteiger partial charge in [-0.25, -0.2) is 8.78 Å². The fourth-order valence-electron chi connectivity index (χ4n) is 4.01. The van der Waals surface area contributed by atoms with Crippen LogP contribution in [0.5, 0.6) is 0 Å². The van der Waals surface area contributed by atoms with Gasteiger partial charge in [-0.2, -0.15) is 0 Å². The van der Waals surface area contributed by atoms with Gasteiger partial charge in [0.25, 0.3) is 11.8 Å². The molecule has 0 radical (unpaired) electrons. The highest BCUT2D eigenvalue weighted by Crippen LogP contribution is 2.34. The van der Waals surface area contributed by atoms with Crippen molar-refractivity contribution in [1.29, 1.82) is 0 Å². The molecule has 2 heterocycles. The predicted molar refractivity (Wildman–Crippen MR) is 101 cm³/mol. The highest BCUT2D eigenvalue weighted by molar-refractivity contribution is 6.04. The molecule has 0 aromatic heterocycles. The number of fused-ring (bicyclic) bond motifs is 2. The summed E-state index contributed by atoms with van der Waals surface area (Å²) < 4.78 is 26.6. The van der Waals surface area contributed by atoms with E-state index in [1.807, 2.05) is 11.9 Å². The number of piperidine rings is 1. The molecule has 0 spiro atoms. The summed E-state index contributed by atoms with van der Waals surface area (Å²) in [6.45, 7) is 0.759. The first-order chi connectivity index (χ1) is 13.4. The summed E-state index contributed by atoms with van der Waals surface area (Å²) in [5.41, 5.74) is 2.07. The van der Waals surface area contributed by atoms with E-state index in [-0.39, 0.29) is 24.5 Å². The van der Waals surface area contributed by atoms with Gasteiger partial charge in [-0.15, -0.1) is 0 Å². The van der Waals surface area contributed by atoms with Gasteiger partial charge in [0.1, 0.15) is 17.8 Å². The second-order valence-corrected chi connectivity index (χ2v) is 7.28. The summed E-state index contributed by atoms with van der Waals surface area (Å²) in [7, 11) is 1.94. The maximum Gasteiger partial charge on any atom is 0.257 e. The molecular formula is C21H21F2N3O2. The lowest BCUT2D eigenvalue weighted by Gasteiger charge is -2.46. The highest BCUT2D eigenvalue weighted by atomic mass is 19.1. The van der Waals surface area contributed by atoms with E-state index < -0.39 is 11.6 Å². The van der Waals surface area contributed by atoms with E-state index in [1.54, 1.807) is 18.2 Å². The van der Waals surface area contributed by atoms with Crippen molar-refractivity contribution in [2.24, 2.45) is 0 Å². The Morgan fingerprint density at radius 1 is 1.14 bits per heavy atom. The number of benzene rings is 2. The average Bonchev–Trinajstić information content (AvgIpc) is 2.69. The minimum absolute atomic E-state index is 0.00000543. The zero-order valence-electron chi connectivity index (χ0n) is 15.5. The van der Waals surface area contributed by atoms with Crippen LogP contribution < -0.4 is 10.2 Å². The van der Waals surface area contributed by atoms with Gasteiger partial charge in [0, 0.05) is 31.8 Å². The quantitative estimate of drug-likeness (QED) is 0.882. The van der Waals surface area contributed by atoms with E-state index in [0.29, 0.717) is 16.7 Å². The highest BCUT2D eigenvalue weighted by Gasteiger charge is 2.37. The van der Waals surface area contributed by atoms with Crippen LogP contribution in [-0.4, -0.2) is 36.5 Å². The Morgan fingerprint density at radius 2 is 1.89 bits per heavy atom. The summed E-state index contributed by atoms with van der Waals surface area (Å²) in [5, 5.41) is 2.67. The van der Waals surface area contributed by atoms with Crippen LogP contribution in [0.2, 0.25) is 0 Å². The van der Waals surface area contributed by atoms with Crippen molar-refractivity contribution in [2.75, 3.05) is 18.5 Å². The van der Waals surface area contributed by atoms with Crippen LogP contribution in [0.1, 0.15) is 45.5 Å². The first-order valence-corrected chi connectivity index (χ1v) is 9.35. The summed E-state index contributed by atoms with van der Waals surface area (Å²) in [4.78, 5) is 29.3. The normalized spacial score (nSPS) is 18.5. The van der Waals surface area contributed by atoms with Crippen molar-refractivity contribution in [2.45, 2.75) is 32.0 Å². The summed E-state index contributed by atoms with van der Waals surface area (Å²) in [5.74, 6) is -1.73. The Hall–Kier alpha value is -2.96. The molecule has 4 rings (SSSR count). The van der Waals surface area contributed by atoms with E-state index in [1.165, 1.54) is 12.1 Å². The second kappa shape index (κ2) is 7.22. The lowest BCUT2D eigenvalue weighted by Crippen LogP contribution is -2.55. The Kier molecular flexibility index (Phi) is 4.75. The SMILES string of the molecule is CN1c2cc(C(=O)NCc3cc(F)cc(F)c3)ccc2C(=O)N2CCCC[C@@H]21. The summed E-state index contributed by atoms with van der Waals surface area (Å²) in [6, 6.07) is 8.14. The molecule has 1 saturated heterocycles. The third kappa shape index (κ3) is 3.32. The molecule has 2 aromatic carbocycles. The first-order valence-electron chi connectivity index (χ1n) is 9.35. The zero-order valence-corrected chi connectivity index (χ0v) is 15.5. The van der Waals surface area contributed by atoms with Crippen molar-refractivity contribution < 1.29 is 18.4 Å². The molecule has 0 aliphatic carbocycles. The Bertz CT molecular complexity index is 927. The molecule has 0 unspecified atom stereocenters. The van der Waals surface area contributed by atoms with Gasteiger partial charge < -0.3 is 15.1 Å². The Morgan fingerprint density at radius 3 is 2.64 bits per heavy atom. The number of rotatable bonds is 3. The largest absolute Gasteiger partial charge is 0.354 e. The van der Waals surface area contributed by atoms with Crippen LogP contribution in [0.3, 0.4) is 0 Å². The molecule has 0 bridgehead atoms. The Balaban J connectivity index is 1.54. The molecule has 1 atom stereocenters. The molecule has 2 aliphatic rings. The van der Waals surface area contributed by atoms with Crippen LogP contribution in [0.15, 0.2) is 36.4 Å². The minimum atomic E-state index is -0.685. The van der Waals surface area contributed by atoms with Crippen LogP contribution in [0.25, 0.3) is 0 Å². The molecule has 28 heavy (non-hydrogen) atoms. The maximum atomic E-state index is 13.3. The zero-order chi connectivity index (χ0) is 19.8. The van der Waals surface area contributed by atoms with Gasteiger partial charge in [0.05, 0.1) is 11.3 Å². The third-order valence-electron chi connectivity index (χ3n) is 5.42. The molecule has 1 fully saturated rings. The van der Waals surface area contributed by atoms with E-state index >= 15 is 0 Å². The van der Waals surface area contributed by atoms with E-state index in [4.69, 9.17) is 0 Å². The summed E-state index contributed by atoms with van der Waals surface area (Å²) in [6.07, 6.45) is 3.00. The number of amides is 2. The van der Waals surface area contributed by atoms with Crippen molar-refractivity contribution in [3.8, 4) is 0 Å². The molecule has 1 N–H and O–H groups in total. The molecular weight excluding hydrogens is 364 g/mol. The van der Waals surface area contributed by atoms with Crippen molar-refractivity contribution in [1.82, 2.24) is 10.2 Å². The number of anilines is 1. The van der Waals surface area contributed by atoms with E-state index in [0.717, 1.165) is 37.6 Å². The fourth-order valence-corrected chi connectivity index (χ4v) is 4.01. The number of hydrogen-bond acceptors (Lipinski definition) is 3. The van der Waals surface area contributed by atoms with Gasteiger partial charge in [-0.05, 0) is 55.2 Å². The lowest BCUT2D eigenvalue weighted by molar-refractivity contribution is 0.0589. The van der Waals surface area contributed by atoms with Gasteiger partial charge >= 0.3 is 0 Å². The third-order valence-corrected chi connectivity index (χ3v) is 5.42. The van der Waals surface area contributed by atoms with Crippen molar-refractivity contribution >= 4 is 17.5 Å². The van der Waals surface area contributed by atoms with Gasteiger partial charge in [-0.3, -0.25) is 9.59 Å². The monoisotopic (exact) mass is 385 g/mol. The number of carbonyl (C=O) groups excluding carboxylic acids is 2. The van der Waals surface area contributed by atoms with Crippen molar-refractivity contribution in [3.05, 3.63) is 64.7 Å². The molecule has 7 heteroatoms. The van der Waals surface area contributed by atoms with E-state index in [2.05, 4.69) is 10.2 Å². The number of nitrogens with one attached hydrogen (secondary N) is 1. The first kappa shape index (κ1) is 18.4. The molecule has 2 aromatic rings. The lowest BCUT2D eigenvalue weighted by atomic mass is 9.97. The minimum Gasteiger partial charge on any atom is -0.354 e. The van der Waals surface area contributed by atoms with Crippen LogP contribution in [-0.2, 0) is 6.54 Å². The number of hydrogen-bond donors (Lipinski definition) is 1. The predicted octanol–water partition coefficient (Wildman–Crippen LogP) is 3.30. The Labute approximate surface area is 161 Å². The van der Waals surface area contributed by atoms with Gasteiger partial charge in [0.15, 0.2) is 0 Å². The average molecular weight is 385 g/mol. The topological polar surface area (TPSA) is 52.7 Å². The van der Waals surface area contributed by atoms with Gasteiger partial charge in [0.2, 0.25) is 0 Å². The smallest absolute Gasteiger partial charge is 0.257 e. The van der Waals surface area contributed by atoms with E-state index in [9.17, 15) is 18.4 Å². The summed E-state index contributed by atoms with van der Waals surface area (Å²) >= 11 is 0. The molecule has 2 aliphatic heterocycles. The molecule has 2 amide bonds. The second-order valence-electron chi connectivity index (χ2n) is 7.28.